The van der Waals surface area contributed by atoms with E-state index in [1.165, 1.54) is 128 Å². The van der Waals surface area contributed by atoms with Crippen molar-refractivity contribution in [1.82, 2.24) is 0 Å². The predicted molar refractivity (Wildman–Crippen MR) is 556 cm³/mol. The van der Waals surface area contributed by atoms with Crippen LogP contribution in [0.2, 0.25) is 0 Å². The van der Waals surface area contributed by atoms with Gasteiger partial charge in [0.2, 0.25) is 11.4 Å². The summed E-state index contributed by atoms with van der Waals surface area (Å²) in [5.41, 5.74) is 21.7. The summed E-state index contributed by atoms with van der Waals surface area (Å²) < 4.78 is 9.89. The Labute approximate surface area is 819 Å². The fraction of sp³-hybridized carbons (Fsp3) is 0.491. The van der Waals surface area contributed by atoms with Crippen LogP contribution in [0, 0.1) is 0 Å². The first kappa shape index (κ1) is 114. The summed E-state index contributed by atoms with van der Waals surface area (Å²) in [5, 5.41) is 25.1. The molecule has 0 aromatic heterocycles. The maximum Gasteiger partial charge on any atom is 2.00 e. The molecule has 0 atom stereocenters. The first-order valence-corrected chi connectivity index (χ1v) is 48.9. The molecule has 124 heavy (non-hydrogen) atoms. The average molecular weight is 1770 g/mol. The molecule has 0 aliphatic carbocycles. The van der Waals surface area contributed by atoms with Gasteiger partial charge in [-0.1, -0.05) is 447 Å². The van der Waals surface area contributed by atoms with Crippen LogP contribution in [0.1, 0.15) is 351 Å². The number of allylic oxidation sites excluding steroid dienone is 4. The Morgan fingerprint density at radius 1 is 0.323 bits per heavy atom. The fourth-order valence-corrected chi connectivity index (χ4v) is 18.8. The van der Waals surface area contributed by atoms with E-state index in [0.717, 1.165) is 71.8 Å². The first-order valence-electron chi connectivity index (χ1n) is 46.2. The van der Waals surface area contributed by atoms with Crippen LogP contribution in [0.5, 0.6) is 0 Å². The fourth-order valence-electron chi connectivity index (χ4n) is 14.0. The molecule has 2 fully saturated rings. The number of hydrogen-bond acceptors (Lipinski definition) is 4. The number of rotatable bonds is 29. The quantitative estimate of drug-likeness (QED) is 0.0159. The van der Waals surface area contributed by atoms with E-state index in [9.17, 15) is 0 Å². The van der Waals surface area contributed by atoms with Crippen molar-refractivity contribution in [2.24, 2.45) is 9.98 Å². The molecule has 2 aliphatic rings. The maximum atomic E-state index is 5.10. The van der Waals surface area contributed by atoms with Gasteiger partial charge in [-0.3, -0.25) is 0 Å². The molecule has 0 unspecified atom stereocenters. The van der Waals surface area contributed by atoms with Crippen molar-refractivity contribution in [2.75, 3.05) is 26.4 Å². The minimum atomic E-state index is -0.696. The summed E-state index contributed by atoms with van der Waals surface area (Å²) >= 11 is 0. The molecule has 0 amide bonds. The number of aliphatic imine (C=N–C) groups is 2. The van der Waals surface area contributed by atoms with Gasteiger partial charge in [-0.2, -0.15) is 11.4 Å². The summed E-state index contributed by atoms with van der Waals surface area (Å²) in [6.45, 7) is 69.8. The van der Waals surface area contributed by atoms with E-state index < -0.39 is 15.8 Å². The third-order valence-corrected chi connectivity index (χ3v) is 24.6. The average Bonchev–Trinajstić information content (AvgIpc) is 1.07. The van der Waals surface area contributed by atoms with Crippen LogP contribution in [0.25, 0.3) is 21.3 Å². The van der Waals surface area contributed by atoms with Crippen molar-refractivity contribution in [3.8, 4) is 0 Å². The number of benzene rings is 8. The predicted octanol–water partition coefficient (Wildman–Crippen LogP) is 28.7. The summed E-state index contributed by atoms with van der Waals surface area (Å²) in [7, 11) is -1.39. The van der Waals surface area contributed by atoms with Crippen LogP contribution >= 0.6 is 15.8 Å². The van der Waals surface area contributed by atoms with Crippen molar-refractivity contribution in [1.29, 1.82) is 0 Å². The van der Waals surface area contributed by atoms with Gasteiger partial charge >= 0.3 is 75.5 Å². The molecule has 2 heterocycles. The standard InChI is InChI=1S/2C29H41N2.2C19H24N2P.C6H14.2C4H8O.2Ca/c2*1-18(2)24-13-11-14-25(19(3)4)28(24)30-22(9)17-23(10)31-29-26(20(5)6)15-12-16-27(29)21(7)8;2*1-15(2)20-19(21-16(3)4)22(17-11-7-5-8-12-17)18-13-9-6-10-14-18;1-3-5-6-4-2;2*1-2-4-5-3-1;;/h2*11-21H,1-10H3;2*5-16H,1-4H3;3-6H2,1-2H3;2*1-4H2;;/q4*-1;;;;2*+2/p+2/b2*22-17-,31-23?;;;;;;;. The Balaban J connectivity index is 0.000000527. The number of nitrogens with zero attached hydrogens (tertiary/aromatic N) is 6. The van der Waals surface area contributed by atoms with Crippen LogP contribution < -0.4 is 31.2 Å². The van der Waals surface area contributed by atoms with Crippen molar-refractivity contribution in [3.05, 3.63) is 283 Å². The molecule has 8 aromatic carbocycles. The third kappa shape index (κ3) is 42.3. The minimum absolute atomic E-state index is 0. The van der Waals surface area contributed by atoms with E-state index >= 15 is 0 Å². The van der Waals surface area contributed by atoms with Gasteiger partial charge in [-0.25, -0.2) is 9.98 Å². The van der Waals surface area contributed by atoms with Gasteiger partial charge in [0.15, 0.2) is 11.4 Å². The van der Waals surface area contributed by atoms with Crippen molar-refractivity contribution in [3.63, 3.8) is 0 Å². The van der Waals surface area contributed by atoms with Crippen molar-refractivity contribution in [2.45, 2.75) is 331 Å². The van der Waals surface area contributed by atoms with Crippen molar-refractivity contribution < 1.29 is 19.5 Å². The topological polar surface area (TPSA) is 128 Å². The number of amidine groups is 2. The Hall–Kier alpha value is -5.58. The van der Waals surface area contributed by atoms with Gasteiger partial charge in [0.1, 0.15) is 0 Å². The number of ether oxygens (including phenoxy) is 2. The monoisotopic (exact) mass is 1770 g/mol. The van der Waals surface area contributed by atoms with E-state index in [-0.39, 0.29) is 99.6 Å². The molecule has 2 N–H and O–H groups in total. The number of unbranched alkanes of at least 4 members (excludes halogenated alkanes) is 3. The Morgan fingerprint density at radius 2 is 0.540 bits per heavy atom. The molecule has 2 saturated heterocycles. The molecule has 8 aromatic rings. The Bertz CT molecular complexity index is 3940. The smallest absolute Gasteiger partial charge is 0.661 e. The summed E-state index contributed by atoms with van der Waals surface area (Å²) in [5.74, 6) is 3.65. The van der Waals surface area contributed by atoms with Crippen LogP contribution in [-0.2, 0) is 9.47 Å². The molecule has 0 radical (unpaired) electrons. The molecule has 0 spiro atoms. The second-order valence-electron chi connectivity index (χ2n) is 35.7. The second-order valence-corrected chi connectivity index (χ2v) is 39.9. The van der Waals surface area contributed by atoms with Gasteiger partial charge in [0.05, 0.1) is 0 Å². The van der Waals surface area contributed by atoms with Gasteiger partial charge < -0.3 is 40.7 Å². The maximum absolute atomic E-state index is 5.10. The summed E-state index contributed by atoms with van der Waals surface area (Å²) in [6, 6.07) is 69.9. The van der Waals surface area contributed by atoms with Crippen LogP contribution in [-0.4, -0.2) is 149 Å². The van der Waals surface area contributed by atoms with Gasteiger partial charge in [-0.05, 0) is 146 Å². The molecule has 14 heteroatoms. The van der Waals surface area contributed by atoms with Crippen LogP contribution in [0.3, 0.4) is 0 Å². The van der Waals surface area contributed by atoms with Gasteiger partial charge in [0, 0.05) is 62.5 Å². The zero-order valence-electron chi connectivity index (χ0n) is 82.9. The van der Waals surface area contributed by atoms with E-state index in [0.29, 0.717) is 47.3 Å². The zero-order valence-corrected chi connectivity index (χ0v) is 89.1. The molecule has 0 bridgehead atoms. The summed E-state index contributed by atoms with van der Waals surface area (Å²) in [6.07, 6.45) is 15.0. The van der Waals surface area contributed by atoms with E-state index in [1.54, 1.807) is 0 Å². The molecule has 10 rings (SSSR count). The largest absolute Gasteiger partial charge is 2.00 e. The number of hydrogen-bond donors (Lipinski definition) is 2. The number of nitrogens with one attached hydrogen (secondary N) is 2. The normalized spacial score (nSPS) is 13.3. The Morgan fingerprint density at radius 3 is 0.718 bits per heavy atom. The second kappa shape index (κ2) is 63.4. The molecular formula is C110H162Ca2N8O2P2+2. The molecule has 10 nitrogen and oxygen atoms in total. The summed E-state index contributed by atoms with van der Waals surface area (Å²) in [4.78, 5) is 17.1. The van der Waals surface area contributed by atoms with Crippen LogP contribution in [0.4, 0.5) is 22.7 Å². The molecular weight excluding hydrogens is 1610 g/mol. The van der Waals surface area contributed by atoms with Crippen molar-refractivity contribution >= 4 is 158 Å². The zero-order chi connectivity index (χ0) is 90.4. The third-order valence-electron chi connectivity index (χ3n) is 20.1. The van der Waals surface area contributed by atoms with Gasteiger partial charge in [-0.15, -0.1) is 11.4 Å². The van der Waals surface area contributed by atoms with Crippen LogP contribution in [0.15, 0.2) is 228 Å². The number of para-hydroxylation sites is 4. The van der Waals surface area contributed by atoms with E-state index in [2.05, 4.69) is 424 Å². The molecule has 2 aliphatic heterocycles. The molecule has 0 saturated carbocycles. The Kier molecular flexibility index (Phi) is 58.5. The van der Waals surface area contributed by atoms with Gasteiger partial charge in [0.25, 0.3) is 0 Å². The first-order chi connectivity index (χ1) is 58.1. The molecule has 666 valence electrons. The minimum Gasteiger partial charge on any atom is -0.661 e. The SMILES string of the molecule is C1CCOC1.C1CCOC1.CC(/C=C(/C)[N-]c1c(C(C)C)cccc1C(C)C)=[NH+]c1c(C(C)C)cccc1C(C)C.CC(/C=C(/C)[N-]c1c(C(C)C)cccc1C(C)C)=[NH+]c1c(C(C)C)cccc1C(C)C.CC(C)N=C([N-]C(C)C)P(c1ccccc1)c1ccccc1.CC(C)N=C([N-]C(C)C)P(c1ccccc1)c1ccccc1.CCCCCC.[Ca+2].[Ca+2]. The van der Waals surface area contributed by atoms with E-state index in [1.807, 2.05) is 0 Å². The van der Waals surface area contributed by atoms with E-state index in [4.69, 9.17) is 40.7 Å².